The molecule has 2 heterocycles. The van der Waals surface area contributed by atoms with E-state index < -0.39 is 0 Å². The van der Waals surface area contributed by atoms with E-state index in [-0.39, 0.29) is 6.04 Å². The Labute approximate surface area is 122 Å². The lowest BCUT2D eigenvalue weighted by atomic mass is 10.2. The van der Waals surface area contributed by atoms with Crippen molar-refractivity contribution in [2.75, 3.05) is 0 Å². The molecule has 3 aromatic rings. The van der Waals surface area contributed by atoms with Crippen molar-refractivity contribution in [1.82, 2.24) is 14.9 Å². The van der Waals surface area contributed by atoms with E-state index >= 15 is 0 Å². The minimum absolute atomic E-state index is 0.134. The molecule has 0 saturated carbocycles. The summed E-state index contributed by atoms with van der Waals surface area (Å²) >= 11 is 1.76. The van der Waals surface area contributed by atoms with Crippen LogP contribution in [0.15, 0.2) is 60.2 Å². The molecule has 102 valence electrons. The summed E-state index contributed by atoms with van der Waals surface area (Å²) in [7, 11) is 2.03. The number of nitrogens with one attached hydrogen (secondary N) is 1. The van der Waals surface area contributed by atoms with Gasteiger partial charge in [0.05, 0.1) is 0 Å². The fourth-order valence-electron chi connectivity index (χ4n) is 2.25. The molecule has 0 radical (unpaired) electrons. The zero-order valence-corrected chi connectivity index (χ0v) is 12.2. The van der Waals surface area contributed by atoms with E-state index in [0.29, 0.717) is 0 Å². The highest BCUT2D eigenvalue weighted by Gasteiger charge is 2.18. The number of aromatic nitrogens is 2. The first kappa shape index (κ1) is 13.1. The van der Waals surface area contributed by atoms with Crippen LogP contribution in [0, 0.1) is 0 Å². The van der Waals surface area contributed by atoms with Crippen LogP contribution < -0.4 is 5.32 Å². The predicted molar refractivity (Wildman–Crippen MR) is 82.7 cm³/mol. The van der Waals surface area contributed by atoms with Gasteiger partial charge in [0.2, 0.25) is 0 Å². The molecule has 1 unspecified atom stereocenters. The Morgan fingerprint density at radius 2 is 2.05 bits per heavy atom. The van der Waals surface area contributed by atoms with Crippen LogP contribution in [0.2, 0.25) is 0 Å². The van der Waals surface area contributed by atoms with Gasteiger partial charge in [0.1, 0.15) is 11.9 Å². The van der Waals surface area contributed by atoms with E-state index in [1.54, 1.807) is 11.3 Å². The summed E-state index contributed by atoms with van der Waals surface area (Å²) in [6.07, 6.45) is 3.83. The molecule has 0 saturated heterocycles. The first-order chi connectivity index (χ1) is 9.84. The molecular weight excluding hydrogens is 266 g/mol. The Kier molecular flexibility index (Phi) is 3.95. The van der Waals surface area contributed by atoms with Crippen molar-refractivity contribution in [3.05, 3.63) is 76.5 Å². The maximum absolute atomic E-state index is 4.49. The minimum Gasteiger partial charge on any atom is -0.336 e. The largest absolute Gasteiger partial charge is 0.336 e. The maximum Gasteiger partial charge on any atom is 0.131 e. The van der Waals surface area contributed by atoms with Gasteiger partial charge in [-0.15, -0.1) is 11.3 Å². The van der Waals surface area contributed by atoms with Gasteiger partial charge in [-0.05, 0) is 17.0 Å². The van der Waals surface area contributed by atoms with Crippen LogP contribution in [0.3, 0.4) is 0 Å². The number of nitrogens with zero attached hydrogens (tertiary/aromatic N) is 2. The summed E-state index contributed by atoms with van der Waals surface area (Å²) in [5.74, 6) is 1.04. The van der Waals surface area contributed by atoms with Crippen LogP contribution >= 0.6 is 11.3 Å². The van der Waals surface area contributed by atoms with E-state index in [0.717, 1.165) is 12.4 Å². The lowest BCUT2D eigenvalue weighted by Gasteiger charge is -2.17. The van der Waals surface area contributed by atoms with Gasteiger partial charge in [-0.2, -0.15) is 0 Å². The second-order valence-corrected chi connectivity index (χ2v) is 5.69. The molecule has 2 aromatic heterocycles. The van der Waals surface area contributed by atoms with Crippen molar-refractivity contribution in [2.45, 2.75) is 12.6 Å². The number of hydrogen-bond donors (Lipinski definition) is 1. The normalized spacial score (nSPS) is 12.4. The molecule has 1 atom stereocenters. The zero-order valence-electron chi connectivity index (χ0n) is 11.4. The third-order valence-electron chi connectivity index (χ3n) is 3.30. The van der Waals surface area contributed by atoms with Gasteiger partial charge in [0.15, 0.2) is 0 Å². The average molecular weight is 283 g/mol. The van der Waals surface area contributed by atoms with Crippen molar-refractivity contribution in [3.8, 4) is 0 Å². The Morgan fingerprint density at radius 1 is 1.20 bits per heavy atom. The topological polar surface area (TPSA) is 29.9 Å². The second kappa shape index (κ2) is 6.03. The maximum atomic E-state index is 4.49. The molecule has 3 nitrogen and oxygen atoms in total. The Bertz CT molecular complexity index is 643. The zero-order chi connectivity index (χ0) is 13.8. The van der Waals surface area contributed by atoms with Crippen LogP contribution in [0.4, 0.5) is 0 Å². The highest BCUT2D eigenvalue weighted by molar-refractivity contribution is 7.10. The summed E-state index contributed by atoms with van der Waals surface area (Å²) in [6, 6.07) is 14.8. The third kappa shape index (κ3) is 2.81. The number of imidazole rings is 1. The van der Waals surface area contributed by atoms with Crippen LogP contribution in [0.25, 0.3) is 0 Å². The molecule has 1 aromatic carbocycles. The average Bonchev–Trinajstić information content (AvgIpc) is 3.13. The number of rotatable bonds is 5. The fourth-order valence-corrected chi connectivity index (χ4v) is 3.04. The van der Waals surface area contributed by atoms with Crippen LogP contribution in [0.1, 0.15) is 22.3 Å². The Morgan fingerprint density at radius 3 is 2.70 bits per heavy atom. The molecule has 3 rings (SSSR count). The lowest BCUT2D eigenvalue weighted by Crippen LogP contribution is -2.24. The first-order valence-corrected chi connectivity index (χ1v) is 7.50. The third-order valence-corrected chi connectivity index (χ3v) is 4.23. The van der Waals surface area contributed by atoms with Gasteiger partial charge in [-0.1, -0.05) is 36.4 Å². The minimum atomic E-state index is 0.134. The summed E-state index contributed by atoms with van der Waals surface area (Å²) in [6.45, 7) is 0.830. The molecule has 0 aliphatic heterocycles. The SMILES string of the molecule is Cn1ccnc1C(NCc1ccccc1)c1cccs1. The quantitative estimate of drug-likeness (QED) is 0.778. The van der Waals surface area contributed by atoms with Gasteiger partial charge in [0, 0.05) is 30.9 Å². The molecule has 20 heavy (non-hydrogen) atoms. The van der Waals surface area contributed by atoms with Crippen LogP contribution in [-0.4, -0.2) is 9.55 Å². The smallest absolute Gasteiger partial charge is 0.131 e. The summed E-state index contributed by atoms with van der Waals surface area (Å²) in [4.78, 5) is 5.78. The molecule has 0 spiro atoms. The Hall–Kier alpha value is -1.91. The van der Waals surface area contributed by atoms with Crippen molar-refractivity contribution in [1.29, 1.82) is 0 Å². The van der Waals surface area contributed by atoms with Crippen molar-refractivity contribution in [3.63, 3.8) is 0 Å². The fraction of sp³-hybridized carbons (Fsp3) is 0.188. The summed E-state index contributed by atoms with van der Waals surface area (Å²) in [5.41, 5.74) is 1.28. The molecule has 0 bridgehead atoms. The molecule has 1 N–H and O–H groups in total. The van der Waals surface area contributed by atoms with E-state index in [1.165, 1.54) is 10.4 Å². The molecule has 0 fully saturated rings. The van der Waals surface area contributed by atoms with Crippen LogP contribution in [-0.2, 0) is 13.6 Å². The number of thiophene rings is 1. The standard InChI is InChI=1S/C16H17N3S/c1-19-10-9-17-16(19)15(14-8-5-11-20-14)18-12-13-6-3-2-4-7-13/h2-11,15,18H,12H2,1H3. The second-order valence-electron chi connectivity index (χ2n) is 4.71. The first-order valence-electron chi connectivity index (χ1n) is 6.62. The molecule has 0 aliphatic carbocycles. The Balaban J connectivity index is 1.82. The highest BCUT2D eigenvalue weighted by Crippen LogP contribution is 2.25. The monoisotopic (exact) mass is 283 g/mol. The molecule has 0 amide bonds. The van der Waals surface area contributed by atoms with Gasteiger partial charge in [-0.25, -0.2) is 4.98 Å². The summed E-state index contributed by atoms with van der Waals surface area (Å²) in [5, 5.41) is 5.72. The van der Waals surface area contributed by atoms with Gasteiger partial charge in [0.25, 0.3) is 0 Å². The van der Waals surface area contributed by atoms with E-state index in [2.05, 4.69) is 56.6 Å². The van der Waals surface area contributed by atoms with E-state index in [4.69, 9.17) is 0 Å². The van der Waals surface area contributed by atoms with Crippen LogP contribution in [0.5, 0.6) is 0 Å². The van der Waals surface area contributed by atoms with Gasteiger partial charge < -0.3 is 4.57 Å². The predicted octanol–water partition coefficient (Wildman–Crippen LogP) is 3.36. The van der Waals surface area contributed by atoms with E-state index in [9.17, 15) is 0 Å². The van der Waals surface area contributed by atoms with Crippen molar-refractivity contribution < 1.29 is 0 Å². The molecular formula is C16H17N3S. The number of hydrogen-bond acceptors (Lipinski definition) is 3. The number of benzene rings is 1. The number of aryl methyl sites for hydroxylation is 1. The lowest BCUT2D eigenvalue weighted by molar-refractivity contribution is 0.565. The summed E-state index contributed by atoms with van der Waals surface area (Å²) < 4.78 is 2.07. The van der Waals surface area contributed by atoms with Gasteiger partial charge >= 0.3 is 0 Å². The van der Waals surface area contributed by atoms with E-state index in [1.807, 2.05) is 25.5 Å². The van der Waals surface area contributed by atoms with Crippen molar-refractivity contribution >= 4 is 11.3 Å². The molecule has 0 aliphatic rings. The van der Waals surface area contributed by atoms with Gasteiger partial charge in [-0.3, -0.25) is 5.32 Å². The highest BCUT2D eigenvalue weighted by atomic mass is 32.1. The molecule has 4 heteroatoms. The van der Waals surface area contributed by atoms with Crippen molar-refractivity contribution in [2.24, 2.45) is 7.05 Å².